The Hall–Kier alpha value is -0.820. The molecular formula is C17H27N. The van der Waals surface area contributed by atoms with E-state index in [1.807, 2.05) is 0 Å². The molecule has 1 heteroatoms. The van der Waals surface area contributed by atoms with E-state index in [-0.39, 0.29) is 0 Å². The first-order valence-corrected chi connectivity index (χ1v) is 7.65. The van der Waals surface area contributed by atoms with E-state index < -0.39 is 0 Å². The van der Waals surface area contributed by atoms with E-state index in [0.717, 1.165) is 18.5 Å². The second-order valence-electron chi connectivity index (χ2n) is 5.73. The molecule has 0 amide bonds. The van der Waals surface area contributed by atoms with Crippen molar-refractivity contribution in [3.8, 4) is 0 Å². The molecule has 0 radical (unpaired) electrons. The van der Waals surface area contributed by atoms with Crippen molar-refractivity contribution < 1.29 is 0 Å². The highest BCUT2D eigenvalue weighted by Gasteiger charge is 2.17. The summed E-state index contributed by atoms with van der Waals surface area (Å²) in [5.74, 6) is 0.999. The summed E-state index contributed by atoms with van der Waals surface area (Å²) in [7, 11) is 0. The van der Waals surface area contributed by atoms with E-state index in [2.05, 4.69) is 42.6 Å². The zero-order valence-electron chi connectivity index (χ0n) is 11.7. The topological polar surface area (TPSA) is 12.0 Å². The Kier molecular flexibility index (Phi) is 5.73. The summed E-state index contributed by atoms with van der Waals surface area (Å²) in [6.07, 6.45) is 9.83. The van der Waals surface area contributed by atoms with Gasteiger partial charge in [-0.2, -0.15) is 0 Å². The average Bonchev–Trinajstić information content (AvgIpc) is 2.64. The molecule has 1 N–H and O–H groups in total. The molecule has 2 atom stereocenters. The van der Waals surface area contributed by atoms with Crippen LogP contribution in [0.3, 0.4) is 0 Å². The number of nitrogens with one attached hydrogen (secondary N) is 1. The van der Waals surface area contributed by atoms with Gasteiger partial charge in [-0.15, -0.1) is 0 Å². The van der Waals surface area contributed by atoms with Crippen molar-refractivity contribution in [3.05, 3.63) is 35.9 Å². The van der Waals surface area contributed by atoms with Crippen molar-refractivity contribution >= 4 is 0 Å². The summed E-state index contributed by atoms with van der Waals surface area (Å²) in [6, 6.07) is 11.5. The van der Waals surface area contributed by atoms with E-state index in [1.165, 1.54) is 50.5 Å². The first-order valence-electron chi connectivity index (χ1n) is 7.65. The Morgan fingerprint density at radius 2 is 1.89 bits per heavy atom. The van der Waals surface area contributed by atoms with E-state index >= 15 is 0 Å². The molecule has 2 rings (SSSR count). The van der Waals surface area contributed by atoms with Crippen LogP contribution in [0.5, 0.6) is 0 Å². The molecule has 1 aliphatic rings. The van der Waals surface area contributed by atoms with Gasteiger partial charge in [0.2, 0.25) is 0 Å². The Morgan fingerprint density at radius 3 is 2.67 bits per heavy atom. The van der Waals surface area contributed by atoms with Gasteiger partial charge in [-0.05, 0) is 30.7 Å². The Balaban J connectivity index is 1.73. The van der Waals surface area contributed by atoms with Gasteiger partial charge in [0, 0.05) is 12.6 Å². The fraction of sp³-hybridized carbons (Fsp3) is 0.647. The maximum absolute atomic E-state index is 3.74. The monoisotopic (exact) mass is 245 g/mol. The fourth-order valence-corrected chi connectivity index (χ4v) is 3.14. The van der Waals surface area contributed by atoms with E-state index in [9.17, 15) is 0 Å². The van der Waals surface area contributed by atoms with Crippen molar-refractivity contribution in [2.75, 3.05) is 0 Å². The molecule has 1 fully saturated rings. The maximum Gasteiger partial charge on any atom is 0.0208 e. The summed E-state index contributed by atoms with van der Waals surface area (Å²) in [4.78, 5) is 0. The normalized spacial score (nSPS) is 24.7. The SMILES string of the molecule is CCCC1CCCC(NCc2ccccc2)CC1. The largest absolute Gasteiger partial charge is 0.310 e. The predicted octanol–water partition coefficient (Wildman–Crippen LogP) is 4.53. The predicted molar refractivity (Wildman–Crippen MR) is 78.6 cm³/mol. The Labute approximate surface area is 112 Å². The minimum atomic E-state index is 0.743. The van der Waals surface area contributed by atoms with Gasteiger partial charge in [0.25, 0.3) is 0 Å². The average molecular weight is 245 g/mol. The summed E-state index contributed by atoms with van der Waals surface area (Å²) < 4.78 is 0. The third kappa shape index (κ3) is 4.45. The zero-order valence-corrected chi connectivity index (χ0v) is 11.7. The van der Waals surface area contributed by atoms with Crippen LogP contribution < -0.4 is 5.32 Å². The number of rotatable bonds is 5. The molecule has 0 aliphatic heterocycles. The lowest BCUT2D eigenvalue weighted by Crippen LogP contribution is -2.27. The van der Waals surface area contributed by atoms with Crippen molar-refractivity contribution in [2.45, 2.75) is 64.5 Å². The molecule has 0 aromatic heterocycles. The van der Waals surface area contributed by atoms with Gasteiger partial charge in [0.05, 0.1) is 0 Å². The first kappa shape index (κ1) is 13.6. The second kappa shape index (κ2) is 7.58. The van der Waals surface area contributed by atoms with Gasteiger partial charge < -0.3 is 5.32 Å². The van der Waals surface area contributed by atoms with Gasteiger partial charge in [-0.25, -0.2) is 0 Å². The van der Waals surface area contributed by atoms with Crippen molar-refractivity contribution in [2.24, 2.45) is 5.92 Å². The van der Waals surface area contributed by atoms with Crippen molar-refractivity contribution in [3.63, 3.8) is 0 Å². The smallest absolute Gasteiger partial charge is 0.0208 e. The highest BCUT2D eigenvalue weighted by Crippen LogP contribution is 2.26. The third-order valence-electron chi connectivity index (χ3n) is 4.22. The fourth-order valence-electron chi connectivity index (χ4n) is 3.14. The molecule has 2 unspecified atom stereocenters. The van der Waals surface area contributed by atoms with Crippen LogP contribution in [0.2, 0.25) is 0 Å². The Bertz CT molecular complexity index is 320. The van der Waals surface area contributed by atoms with Gasteiger partial charge in [-0.3, -0.25) is 0 Å². The van der Waals surface area contributed by atoms with Crippen LogP contribution in [0.4, 0.5) is 0 Å². The van der Waals surface area contributed by atoms with Gasteiger partial charge in [0.15, 0.2) is 0 Å². The lowest BCUT2D eigenvalue weighted by Gasteiger charge is -2.17. The second-order valence-corrected chi connectivity index (χ2v) is 5.73. The summed E-state index contributed by atoms with van der Waals surface area (Å²) in [6.45, 7) is 3.35. The van der Waals surface area contributed by atoms with E-state index in [0.29, 0.717) is 0 Å². The zero-order chi connectivity index (χ0) is 12.6. The number of hydrogen-bond acceptors (Lipinski definition) is 1. The maximum atomic E-state index is 3.74. The van der Waals surface area contributed by atoms with Crippen LogP contribution in [-0.2, 0) is 6.54 Å². The van der Waals surface area contributed by atoms with Gasteiger partial charge in [0.1, 0.15) is 0 Å². The third-order valence-corrected chi connectivity index (χ3v) is 4.22. The highest BCUT2D eigenvalue weighted by atomic mass is 14.9. The molecule has 1 aliphatic carbocycles. The van der Waals surface area contributed by atoms with Gasteiger partial charge in [-0.1, -0.05) is 62.9 Å². The molecular weight excluding hydrogens is 218 g/mol. The van der Waals surface area contributed by atoms with E-state index in [1.54, 1.807) is 0 Å². The molecule has 1 nitrogen and oxygen atoms in total. The summed E-state index contributed by atoms with van der Waals surface area (Å²) in [5.41, 5.74) is 1.41. The molecule has 0 bridgehead atoms. The Morgan fingerprint density at radius 1 is 1.06 bits per heavy atom. The molecule has 18 heavy (non-hydrogen) atoms. The quantitative estimate of drug-likeness (QED) is 0.752. The number of benzene rings is 1. The summed E-state index contributed by atoms with van der Waals surface area (Å²) >= 11 is 0. The molecule has 0 heterocycles. The highest BCUT2D eigenvalue weighted by molar-refractivity contribution is 5.14. The summed E-state index contributed by atoms with van der Waals surface area (Å²) in [5, 5.41) is 3.74. The first-order chi connectivity index (χ1) is 8.88. The van der Waals surface area contributed by atoms with Crippen LogP contribution >= 0.6 is 0 Å². The lowest BCUT2D eigenvalue weighted by molar-refractivity contribution is 0.409. The molecule has 0 spiro atoms. The molecule has 1 aromatic rings. The van der Waals surface area contributed by atoms with Crippen LogP contribution in [0.1, 0.15) is 57.4 Å². The van der Waals surface area contributed by atoms with E-state index in [4.69, 9.17) is 0 Å². The minimum absolute atomic E-state index is 0.743. The van der Waals surface area contributed by atoms with Crippen molar-refractivity contribution in [1.29, 1.82) is 0 Å². The van der Waals surface area contributed by atoms with Crippen LogP contribution in [0.25, 0.3) is 0 Å². The number of hydrogen-bond donors (Lipinski definition) is 1. The van der Waals surface area contributed by atoms with Crippen LogP contribution in [-0.4, -0.2) is 6.04 Å². The molecule has 100 valence electrons. The molecule has 1 saturated carbocycles. The minimum Gasteiger partial charge on any atom is -0.310 e. The van der Waals surface area contributed by atoms with Gasteiger partial charge >= 0.3 is 0 Å². The van der Waals surface area contributed by atoms with Crippen LogP contribution in [0.15, 0.2) is 30.3 Å². The van der Waals surface area contributed by atoms with Crippen LogP contribution in [0, 0.1) is 5.92 Å². The standard InChI is InChI=1S/C17H27N/c1-2-7-15-10-6-11-17(13-12-15)18-14-16-8-4-3-5-9-16/h3-5,8-9,15,17-18H,2,6-7,10-14H2,1H3. The molecule has 1 aromatic carbocycles. The molecule has 0 saturated heterocycles. The van der Waals surface area contributed by atoms with Crippen molar-refractivity contribution in [1.82, 2.24) is 5.32 Å². The lowest BCUT2D eigenvalue weighted by atomic mass is 9.95.